The number of fused-ring (bicyclic) bond motifs is 1. The summed E-state index contributed by atoms with van der Waals surface area (Å²) < 4.78 is 12.7. The monoisotopic (exact) mass is 352 g/mol. The van der Waals surface area contributed by atoms with Gasteiger partial charge in [0, 0.05) is 9.13 Å². The van der Waals surface area contributed by atoms with Crippen molar-refractivity contribution in [1.29, 1.82) is 0 Å². The van der Waals surface area contributed by atoms with Crippen LogP contribution in [-0.4, -0.2) is 13.2 Å². The van der Waals surface area contributed by atoms with E-state index in [1.807, 2.05) is 30.3 Å². The van der Waals surface area contributed by atoms with Crippen LogP contribution in [0.25, 0.3) is 0 Å². The van der Waals surface area contributed by atoms with Crippen molar-refractivity contribution in [3.05, 3.63) is 57.7 Å². The Morgan fingerprint density at radius 3 is 2.72 bits per heavy atom. The van der Waals surface area contributed by atoms with Crippen LogP contribution in [0.3, 0.4) is 0 Å². The van der Waals surface area contributed by atoms with Gasteiger partial charge in [-0.15, -0.1) is 0 Å². The second-order valence-electron chi connectivity index (χ2n) is 4.31. The maximum absolute atomic E-state index is 5.82. The lowest BCUT2D eigenvalue weighted by Crippen LogP contribution is -2.11. The second-order valence-corrected chi connectivity index (χ2v) is 5.56. The molecule has 2 aromatic carbocycles. The van der Waals surface area contributed by atoms with Crippen molar-refractivity contribution in [3.63, 3.8) is 0 Å². The molecule has 1 unspecified atom stereocenters. The lowest BCUT2D eigenvalue weighted by Gasteiger charge is -2.11. The number of halogens is 1. The molecule has 2 nitrogen and oxygen atoms in total. The third kappa shape index (κ3) is 2.46. The minimum absolute atomic E-state index is 0.334. The molecule has 0 aliphatic carbocycles. The zero-order valence-corrected chi connectivity index (χ0v) is 12.0. The molecule has 0 fully saturated rings. The second kappa shape index (κ2) is 5.18. The number of rotatable bonds is 3. The van der Waals surface area contributed by atoms with E-state index in [0.29, 0.717) is 19.1 Å². The van der Waals surface area contributed by atoms with Crippen LogP contribution in [0.4, 0.5) is 0 Å². The van der Waals surface area contributed by atoms with Crippen molar-refractivity contribution in [2.24, 2.45) is 0 Å². The third-order valence-electron chi connectivity index (χ3n) is 3.06. The van der Waals surface area contributed by atoms with E-state index in [1.165, 1.54) is 9.13 Å². The highest BCUT2D eigenvalue weighted by molar-refractivity contribution is 14.1. The smallest absolute Gasteiger partial charge is 0.123 e. The van der Waals surface area contributed by atoms with E-state index >= 15 is 0 Å². The van der Waals surface area contributed by atoms with E-state index in [1.54, 1.807) is 0 Å². The Morgan fingerprint density at radius 1 is 1.11 bits per heavy atom. The summed E-state index contributed by atoms with van der Waals surface area (Å²) in [5.74, 6) is 2.24. The van der Waals surface area contributed by atoms with E-state index < -0.39 is 0 Å². The first kappa shape index (κ1) is 11.8. The average molecular weight is 352 g/mol. The van der Waals surface area contributed by atoms with Gasteiger partial charge in [0.2, 0.25) is 0 Å². The van der Waals surface area contributed by atoms with Crippen molar-refractivity contribution in [2.45, 2.75) is 5.92 Å². The van der Waals surface area contributed by atoms with Crippen LogP contribution in [0.1, 0.15) is 11.5 Å². The van der Waals surface area contributed by atoms with Crippen LogP contribution in [0, 0.1) is 3.57 Å². The molecule has 3 heteroatoms. The maximum atomic E-state index is 5.82. The highest BCUT2D eigenvalue weighted by atomic mass is 127. The quantitative estimate of drug-likeness (QED) is 0.782. The fourth-order valence-corrected chi connectivity index (χ4v) is 2.45. The molecule has 0 bridgehead atoms. The first-order valence-electron chi connectivity index (χ1n) is 5.93. The zero-order valence-electron chi connectivity index (χ0n) is 9.80. The molecule has 2 aromatic rings. The van der Waals surface area contributed by atoms with Gasteiger partial charge in [0.15, 0.2) is 0 Å². The predicted molar refractivity (Wildman–Crippen MR) is 79.3 cm³/mol. The Hall–Kier alpha value is -1.23. The van der Waals surface area contributed by atoms with Gasteiger partial charge in [-0.25, -0.2) is 0 Å². The fraction of sp³-hybridized carbons (Fsp3) is 0.200. The zero-order chi connectivity index (χ0) is 12.4. The van der Waals surface area contributed by atoms with E-state index in [0.717, 1.165) is 11.5 Å². The number of ether oxygens (including phenoxy) is 2. The average Bonchev–Trinajstić information content (AvgIpc) is 2.82. The number of benzene rings is 2. The van der Waals surface area contributed by atoms with Gasteiger partial charge in [-0.1, -0.05) is 18.2 Å². The van der Waals surface area contributed by atoms with Crippen LogP contribution in [0.5, 0.6) is 11.5 Å². The van der Waals surface area contributed by atoms with E-state index in [9.17, 15) is 0 Å². The molecule has 0 N–H and O–H groups in total. The maximum Gasteiger partial charge on any atom is 0.123 e. The molecule has 1 aliphatic rings. The predicted octanol–water partition coefficient (Wildman–Crippen LogP) is 3.85. The summed E-state index contributed by atoms with van der Waals surface area (Å²) in [5, 5.41) is 0. The Bertz CT molecular complexity index is 536. The SMILES string of the molecule is Ic1ccc(OCC2COc3ccccc32)cc1. The van der Waals surface area contributed by atoms with Gasteiger partial charge in [-0.2, -0.15) is 0 Å². The Morgan fingerprint density at radius 2 is 1.89 bits per heavy atom. The van der Waals surface area contributed by atoms with Gasteiger partial charge in [-0.3, -0.25) is 0 Å². The van der Waals surface area contributed by atoms with Crippen LogP contribution in [0.2, 0.25) is 0 Å². The van der Waals surface area contributed by atoms with Crippen molar-refractivity contribution in [1.82, 2.24) is 0 Å². The number of para-hydroxylation sites is 1. The van der Waals surface area contributed by atoms with Crippen molar-refractivity contribution in [3.8, 4) is 11.5 Å². The van der Waals surface area contributed by atoms with Crippen LogP contribution in [-0.2, 0) is 0 Å². The molecule has 0 amide bonds. The fourth-order valence-electron chi connectivity index (χ4n) is 2.09. The minimum Gasteiger partial charge on any atom is -0.493 e. The van der Waals surface area contributed by atoms with Gasteiger partial charge in [0.1, 0.15) is 11.5 Å². The first-order valence-corrected chi connectivity index (χ1v) is 7.01. The number of hydrogen-bond acceptors (Lipinski definition) is 2. The summed E-state index contributed by atoms with van der Waals surface area (Å²) >= 11 is 2.29. The van der Waals surface area contributed by atoms with Crippen molar-refractivity contribution < 1.29 is 9.47 Å². The highest BCUT2D eigenvalue weighted by Crippen LogP contribution is 2.33. The highest BCUT2D eigenvalue weighted by Gasteiger charge is 2.23. The summed E-state index contributed by atoms with van der Waals surface area (Å²) in [6.07, 6.45) is 0. The lowest BCUT2D eigenvalue weighted by molar-refractivity contribution is 0.248. The topological polar surface area (TPSA) is 18.5 Å². The molecule has 0 saturated heterocycles. The molecule has 0 aromatic heterocycles. The largest absolute Gasteiger partial charge is 0.493 e. The standard InChI is InChI=1S/C15H13IO2/c16-12-5-7-13(8-6-12)17-9-11-10-18-15-4-2-1-3-14(11)15/h1-8,11H,9-10H2. The third-order valence-corrected chi connectivity index (χ3v) is 3.78. The molecule has 3 rings (SSSR count). The van der Waals surface area contributed by atoms with Crippen LogP contribution in [0.15, 0.2) is 48.5 Å². The summed E-state index contributed by atoms with van der Waals surface area (Å²) in [4.78, 5) is 0. The summed E-state index contributed by atoms with van der Waals surface area (Å²) in [7, 11) is 0. The summed E-state index contributed by atoms with van der Waals surface area (Å²) in [5.41, 5.74) is 1.25. The molecular formula is C15H13IO2. The molecular weight excluding hydrogens is 339 g/mol. The molecule has 1 heterocycles. The van der Waals surface area contributed by atoms with Gasteiger partial charge >= 0.3 is 0 Å². The normalized spacial score (nSPS) is 17.1. The van der Waals surface area contributed by atoms with Crippen LogP contribution < -0.4 is 9.47 Å². The molecule has 0 radical (unpaired) electrons. The van der Waals surface area contributed by atoms with Crippen LogP contribution >= 0.6 is 22.6 Å². The first-order chi connectivity index (χ1) is 8.83. The van der Waals surface area contributed by atoms with E-state index in [2.05, 4.69) is 40.8 Å². The minimum atomic E-state index is 0.334. The van der Waals surface area contributed by atoms with E-state index in [4.69, 9.17) is 9.47 Å². The van der Waals surface area contributed by atoms with Gasteiger partial charge in [-0.05, 0) is 52.9 Å². The van der Waals surface area contributed by atoms with Crippen molar-refractivity contribution in [2.75, 3.05) is 13.2 Å². The Labute approximate surface area is 120 Å². The molecule has 0 saturated carbocycles. The van der Waals surface area contributed by atoms with E-state index in [-0.39, 0.29) is 0 Å². The molecule has 1 atom stereocenters. The van der Waals surface area contributed by atoms with Gasteiger partial charge in [0.05, 0.1) is 19.1 Å². The summed E-state index contributed by atoms with van der Waals surface area (Å²) in [6.45, 7) is 1.38. The number of hydrogen-bond donors (Lipinski definition) is 0. The van der Waals surface area contributed by atoms with Crippen molar-refractivity contribution >= 4 is 22.6 Å². The summed E-state index contributed by atoms with van der Waals surface area (Å²) in [6, 6.07) is 16.3. The molecule has 18 heavy (non-hydrogen) atoms. The van der Waals surface area contributed by atoms with Gasteiger partial charge < -0.3 is 9.47 Å². The Balaban J connectivity index is 1.67. The molecule has 0 spiro atoms. The Kier molecular flexibility index (Phi) is 3.41. The lowest BCUT2D eigenvalue weighted by atomic mass is 10.0. The molecule has 1 aliphatic heterocycles. The molecule has 92 valence electrons. The van der Waals surface area contributed by atoms with Gasteiger partial charge in [0.25, 0.3) is 0 Å².